The quantitative estimate of drug-likeness (QED) is 0.420. The molecule has 0 aliphatic heterocycles. The molecule has 1 atom stereocenters. The third-order valence-electron chi connectivity index (χ3n) is 0.969. The summed E-state index contributed by atoms with van der Waals surface area (Å²) in [6.07, 6.45) is 0. The lowest BCUT2D eigenvalue weighted by atomic mass is 10.2. The van der Waals surface area contributed by atoms with E-state index >= 15 is 0 Å². The average molecular weight is 236 g/mol. The van der Waals surface area contributed by atoms with E-state index in [0.29, 0.717) is 0 Å². The number of carboxylic acids is 1. The van der Waals surface area contributed by atoms with Crippen molar-refractivity contribution in [1.29, 1.82) is 0 Å². The highest BCUT2D eigenvalue weighted by Gasteiger charge is 2.08. The van der Waals surface area contributed by atoms with Crippen LogP contribution in [-0.4, -0.2) is 37.7 Å². The molecule has 1 unspecified atom stereocenters. The Kier molecular flexibility index (Phi) is 29.1. The lowest BCUT2D eigenvalue weighted by molar-refractivity contribution is -0.140. The Morgan fingerprint density at radius 1 is 1.38 bits per heavy atom. The van der Waals surface area contributed by atoms with Crippen molar-refractivity contribution in [2.45, 2.75) is 28.2 Å². The zero-order valence-electron chi connectivity index (χ0n) is 10.2. The van der Waals surface area contributed by atoms with Crippen LogP contribution in [-0.2, 0) is 4.79 Å². The highest BCUT2D eigenvalue weighted by molar-refractivity contribution is 5.76. The second-order valence-electron chi connectivity index (χ2n) is 2.50. The SMILES string of the molecule is C.CC.CC(CN=C(N)N)C(=O)O.CNC. The molecule has 0 heterocycles. The fourth-order valence-corrected chi connectivity index (χ4v) is 0.320. The van der Waals surface area contributed by atoms with E-state index in [4.69, 9.17) is 16.6 Å². The van der Waals surface area contributed by atoms with Crippen LogP contribution in [0.25, 0.3) is 0 Å². The number of carboxylic acid groups (broad SMARTS) is 1. The van der Waals surface area contributed by atoms with E-state index in [1.807, 2.05) is 27.9 Å². The molecule has 0 aromatic rings. The molecule has 6 N–H and O–H groups in total. The molecule has 0 rings (SSSR count). The number of nitrogens with zero attached hydrogens (tertiary/aromatic N) is 1. The van der Waals surface area contributed by atoms with E-state index in [0.717, 1.165) is 0 Å². The molecule has 0 bridgehead atoms. The van der Waals surface area contributed by atoms with Gasteiger partial charge in [0.05, 0.1) is 12.5 Å². The summed E-state index contributed by atoms with van der Waals surface area (Å²) in [5, 5.41) is 11.1. The number of nitrogens with one attached hydrogen (secondary N) is 1. The van der Waals surface area contributed by atoms with Gasteiger partial charge in [-0.3, -0.25) is 9.79 Å². The smallest absolute Gasteiger partial charge is 0.308 e. The fourth-order valence-electron chi connectivity index (χ4n) is 0.320. The number of hydrogen-bond donors (Lipinski definition) is 4. The second-order valence-corrected chi connectivity index (χ2v) is 2.50. The molecule has 0 aromatic heterocycles. The Morgan fingerprint density at radius 2 is 1.69 bits per heavy atom. The number of rotatable bonds is 3. The standard InChI is InChI=1S/C5H11N3O2.C2H7N.C2H6.CH4/c1-3(4(9)10)2-8-5(6)7;1-3-2;1-2;/h3H,2H2,1H3,(H,9,10)(H4,6,7,8);3H,1-2H3;1-2H3;1H4. The van der Waals surface area contributed by atoms with Crippen molar-refractivity contribution in [2.24, 2.45) is 22.4 Å². The van der Waals surface area contributed by atoms with Crippen LogP contribution in [0.1, 0.15) is 28.2 Å². The van der Waals surface area contributed by atoms with Gasteiger partial charge in [-0.05, 0) is 14.1 Å². The minimum Gasteiger partial charge on any atom is -0.481 e. The van der Waals surface area contributed by atoms with E-state index < -0.39 is 11.9 Å². The minimum atomic E-state index is -0.898. The molecule has 100 valence electrons. The van der Waals surface area contributed by atoms with Gasteiger partial charge < -0.3 is 21.9 Å². The van der Waals surface area contributed by atoms with Crippen molar-refractivity contribution in [3.63, 3.8) is 0 Å². The van der Waals surface area contributed by atoms with Gasteiger partial charge in [-0.15, -0.1) is 0 Å². The van der Waals surface area contributed by atoms with Gasteiger partial charge >= 0.3 is 5.97 Å². The Balaban J connectivity index is -0.000000104. The van der Waals surface area contributed by atoms with Crippen LogP contribution in [0.4, 0.5) is 0 Å². The number of hydrogen-bond acceptors (Lipinski definition) is 3. The number of guanidine groups is 1. The van der Waals surface area contributed by atoms with Crippen LogP contribution in [0.2, 0.25) is 0 Å². The van der Waals surface area contributed by atoms with Gasteiger partial charge in [-0.25, -0.2) is 0 Å². The third-order valence-corrected chi connectivity index (χ3v) is 0.969. The number of aliphatic carboxylic acids is 1. The monoisotopic (exact) mass is 236 g/mol. The van der Waals surface area contributed by atoms with Gasteiger partial charge in [0.2, 0.25) is 0 Å². The third kappa shape index (κ3) is 29.3. The van der Waals surface area contributed by atoms with Crippen molar-refractivity contribution in [3.8, 4) is 0 Å². The molecule has 0 aliphatic carbocycles. The predicted molar refractivity (Wildman–Crippen MR) is 70.5 cm³/mol. The van der Waals surface area contributed by atoms with Crippen LogP contribution in [0.15, 0.2) is 4.99 Å². The molecular formula is C10H28N4O2. The molecule has 0 aliphatic rings. The molecule has 0 saturated heterocycles. The van der Waals surface area contributed by atoms with Crippen molar-refractivity contribution in [2.75, 3.05) is 20.6 Å². The fraction of sp³-hybridized carbons (Fsp3) is 0.800. The van der Waals surface area contributed by atoms with Crippen molar-refractivity contribution in [1.82, 2.24) is 5.32 Å². The summed E-state index contributed by atoms with van der Waals surface area (Å²) in [5.74, 6) is -1.50. The first kappa shape index (κ1) is 24.1. The van der Waals surface area contributed by atoms with Crippen LogP contribution >= 0.6 is 0 Å². The average Bonchev–Trinajstić information content (AvgIpc) is 2.18. The maximum absolute atomic E-state index is 10.2. The van der Waals surface area contributed by atoms with Crippen molar-refractivity contribution >= 4 is 11.9 Å². The molecule has 0 radical (unpaired) electrons. The van der Waals surface area contributed by atoms with Crippen LogP contribution in [0.5, 0.6) is 0 Å². The molecule has 6 heteroatoms. The molecule has 0 aromatic carbocycles. The molecule has 0 spiro atoms. The van der Waals surface area contributed by atoms with Gasteiger partial charge in [0.15, 0.2) is 5.96 Å². The van der Waals surface area contributed by atoms with Crippen molar-refractivity contribution in [3.05, 3.63) is 0 Å². The van der Waals surface area contributed by atoms with Crippen LogP contribution < -0.4 is 16.8 Å². The first-order chi connectivity index (χ1) is 6.95. The summed E-state index contributed by atoms with van der Waals surface area (Å²) in [6, 6.07) is 0. The molecule has 0 amide bonds. The largest absolute Gasteiger partial charge is 0.481 e. The summed E-state index contributed by atoms with van der Waals surface area (Å²) < 4.78 is 0. The van der Waals surface area contributed by atoms with Crippen LogP contribution in [0, 0.1) is 5.92 Å². The summed E-state index contributed by atoms with van der Waals surface area (Å²) in [6.45, 7) is 5.67. The lowest BCUT2D eigenvalue weighted by Gasteiger charge is -1.99. The number of aliphatic imine (C=N–C) groups is 1. The summed E-state index contributed by atoms with van der Waals surface area (Å²) >= 11 is 0. The van der Waals surface area contributed by atoms with Crippen LogP contribution in [0.3, 0.4) is 0 Å². The van der Waals surface area contributed by atoms with Gasteiger partial charge in [-0.1, -0.05) is 28.2 Å². The van der Waals surface area contributed by atoms with E-state index in [1.165, 1.54) is 6.92 Å². The molecule has 0 fully saturated rings. The minimum absolute atomic E-state index is 0. The zero-order chi connectivity index (χ0) is 12.9. The predicted octanol–water partition coefficient (Wildman–Crippen LogP) is 0.478. The zero-order valence-corrected chi connectivity index (χ0v) is 10.2. The Morgan fingerprint density at radius 3 is 1.88 bits per heavy atom. The molecule has 0 saturated carbocycles. The maximum atomic E-state index is 10.2. The van der Waals surface area contributed by atoms with Gasteiger partial charge in [0.25, 0.3) is 0 Å². The van der Waals surface area contributed by atoms with Gasteiger partial charge in [0, 0.05) is 0 Å². The summed E-state index contributed by atoms with van der Waals surface area (Å²) in [7, 11) is 3.75. The first-order valence-electron chi connectivity index (χ1n) is 4.82. The topological polar surface area (TPSA) is 114 Å². The Labute approximate surface area is 99.1 Å². The molecule has 16 heavy (non-hydrogen) atoms. The Bertz CT molecular complexity index is 168. The highest BCUT2D eigenvalue weighted by atomic mass is 16.4. The van der Waals surface area contributed by atoms with E-state index in [2.05, 4.69) is 10.3 Å². The second kappa shape index (κ2) is 19.3. The Hall–Kier alpha value is -1.30. The highest BCUT2D eigenvalue weighted by Crippen LogP contribution is 1.93. The summed E-state index contributed by atoms with van der Waals surface area (Å²) in [4.78, 5) is 13.7. The van der Waals surface area contributed by atoms with Gasteiger partial charge in [-0.2, -0.15) is 0 Å². The summed E-state index contributed by atoms with van der Waals surface area (Å²) in [5.41, 5.74) is 9.95. The first-order valence-corrected chi connectivity index (χ1v) is 4.82. The van der Waals surface area contributed by atoms with Gasteiger partial charge in [0.1, 0.15) is 0 Å². The number of carbonyl (C=O) groups is 1. The number of nitrogens with two attached hydrogens (primary N) is 2. The molecular weight excluding hydrogens is 208 g/mol. The van der Waals surface area contributed by atoms with E-state index in [1.54, 1.807) is 0 Å². The van der Waals surface area contributed by atoms with E-state index in [-0.39, 0.29) is 19.9 Å². The van der Waals surface area contributed by atoms with E-state index in [9.17, 15) is 4.79 Å². The van der Waals surface area contributed by atoms with Crippen molar-refractivity contribution < 1.29 is 9.90 Å². The maximum Gasteiger partial charge on any atom is 0.308 e. The molecule has 6 nitrogen and oxygen atoms in total. The normalized spacial score (nSPS) is 9.06. The lowest BCUT2D eigenvalue weighted by Crippen LogP contribution is -2.25.